The van der Waals surface area contributed by atoms with E-state index in [1.54, 1.807) is 13.1 Å². The van der Waals surface area contributed by atoms with E-state index < -0.39 is 18.0 Å². The van der Waals surface area contributed by atoms with E-state index in [4.69, 9.17) is 0 Å². The molecule has 1 atom stereocenters. The molecule has 2 aromatic rings. The molecule has 1 saturated heterocycles. The van der Waals surface area contributed by atoms with E-state index in [2.05, 4.69) is 9.97 Å². The van der Waals surface area contributed by atoms with E-state index in [0.29, 0.717) is 16.9 Å². The molecule has 0 aliphatic carbocycles. The van der Waals surface area contributed by atoms with Gasteiger partial charge in [-0.2, -0.15) is 0 Å². The number of aromatic nitrogens is 2. The predicted octanol–water partition coefficient (Wildman–Crippen LogP) is 0.943. The van der Waals surface area contributed by atoms with Crippen molar-refractivity contribution in [2.45, 2.75) is 19.0 Å². The lowest BCUT2D eigenvalue weighted by Gasteiger charge is -2.20. The molecular weight excluding hydrogens is 329 g/mol. The van der Waals surface area contributed by atoms with E-state index in [9.17, 15) is 18.8 Å². The number of H-pyrrole nitrogens is 1. The summed E-state index contributed by atoms with van der Waals surface area (Å²) in [6, 6.07) is 2.99. The Morgan fingerprint density at radius 1 is 1.36 bits per heavy atom. The topological polar surface area (TPSA) is 89.6 Å². The van der Waals surface area contributed by atoms with E-state index in [1.165, 1.54) is 36.0 Å². The molecule has 1 aromatic heterocycles. The van der Waals surface area contributed by atoms with Crippen LogP contribution in [0.3, 0.4) is 0 Å². The minimum absolute atomic E-state index is 0.100. The monoisotopic (exact) mass is 347 g/mol. The van der Waals surface area contributed by atoms with Gasteiger partial charge in [0, 0.05) is 21.1 Å². The number of benzene rings is 1. The fourth-order valence-corrected chi connectivity index (χ4v) is 2.82. The van der Waals surface area contributed by atoms with Gasteiger partial charge in [0.05, 0.1) is 24.0 Å². The smallest absolute Gasteiger partial charge is 0.326 e. The minimum atomic E-state index is -0.794. The largest absolute Gasteiger partial charge is 0.340 e. The standard InChI is InChI=1S/C16H18FN5O3/c1-20(8-13-18-10-5-4-9(17)6-11(10)19-13)14(23)7-12-15(24)22(3)16(25)21(12)2/h4-6,12H,7-8H2,1-3H3,(H,18,19)/t12-/m0/s1. The Hall–Kier alpha value is -2.97. The number of carbonyl (C=O) groups is 3. The lowest BCUT2D eigenvalue weighted by Crippen LogP contribution is -2.38. The summed E-state index contributed by atoms with van der Waals surface area (Å²) in [5.74, 6) is -0.548. The van der Waals surface area contributed by atoms with Crippen LogP contribution in [0, 0.1) is 5.82 Å². The highest BCUT2D eigenvalue weighted by Crippen LogP contribution is 2.18. The maximum absolute atomic E-state index is 13.2. The second kappa shape index (κ2) is 6.15. The maximum Gasteiger partial charge on any atom is 0.326 e. The van der Waals surface area contributed by atoms with Crippen LogP contribution in [0.1, 0.15) is 12.2 Å². The third-order valence-electron chi connectivity index (χ3n) is 4.35. The molecule has 25 heavy (non-hydrogen) atoms. The Morgan fingerprint density at radius 2 is 2.08 bits per heavy atom. The number of hydrogen-bond acceptors (Lipinski definition) is 4. The van der Waals surface area contributed by atoms with Gasteiger partial charge in [0.25, 0.3) is 5.91 Å². The number of fused-ring (bicyclic) bond motifs is 1. The normalized spacial score (nSPS) is 17.7. The van der Waals surface area contributed by atoms with Crippen LogP contribution in [0.25, 0.3) is 11.0 Å². The number of hydrogen-bond donors (Lipinski definition) is 1. The molecule has 0 spiro atoms. The number of rotatable bonds is 4. The highest BCUT2D eigenvalue weighted by atomic mass is 19.1. The zero-order valence-corrected chi connectivity index (χ0v) is 14.1. The SMILES string of the molecule is CN(Cc1nc2ccc(F)cc2[nH]1)C(=O)C[C@H]1C(=O)N(C)C(=O)N1C. The fraction of sp³-hybridized carbons (Fsp3) is 0.375. The van der Waals surface area contributed by atoms with E-state index in [0.717, 1.165) is 4.90 Å². The van der Waals surface area contributed by atoms with Crippen LogP contribution in [0.5, 0.6) is 0 Å². The molecular formula is C16H18FN5O3. The molecule has 9 heteroatoms. The molecule has 1 aliphatic rings. The quantitative estimate of drug-likeness (QED) is 0.834. The Labute approximate surface area is 143 Å². The number of amides is 4. The first-order valence-corrected chi connectivity index (χ1v) is 7.70. The van der Waals surface area contributed by atoms with Crippen molar-refractivity contribution in [3.8, 4) is 0 Å². The molecule has 0 saturated carbocycles. The molecule has 0 bridgehead atoms. The van der Waals surface area contributed by atoms with Gasteiger partial charge in [-0.25, -0.2) is 14.2 Å². The summed E-state index contributed by atoms with van der Waals surface area (Å²) >= 11 is 0. The van der Waals surface area contributed by atoms with Crippen molar-refractivity contribution in [1.82, 2.24) is 24.7 Å². The van der Waals surface area contributed by atoms with Crippen LogP contribution in [0.15, 0.2) is 18.2 Å². The van der Waals surface area contributed by atoms with Crippen LogP contribution in [0.2, 0.25) is 0 Å². The molecule has 8 nitrogen and oxygen atoms in total. The number of aromatic amines is 1. The van der Waals surface area contributed by atoms with Crippen LogP contribution in [0.4, 0.5) is 9.18 Å². The molecule has 4 amide bonds. The van der Waals surface area contributed by atoms with Crippen molar-refractivity contribution in [2.75, 3.05) is 21.1 Å². The summed E-state index contributed by atoms with van der Waals surface area (Å²) in [6.07, 6.45) is -0.100. The first kappa shape index (κ1) is 16.9. The van der Waals surface area contributed by atoms with E-state index in [1.807, 2.05) is 0 Å². The lowest BCUT2D eigenvalue weighted by molar-refractivity contribution is -0.135. The molecule has 1 aliphatic heterocycles. The molecule has 1 aromatic carbocycles. The lowest BCUT2D eigenvalue weighted by atomic mass is 10.1. The average molecular weight is 347 g/mol. The molecule has 2 heterocycles. The number of urea groups is 1. The van der Waals surface area contributed by atoms with Gasteiger partial charge < -0.3 is 14.8 Å². The van der Waals surface area contributed by atoms with Crippen LogP contribution >= 0.6 is 0 Å². The van der Waals surface area contributed by atoms with E-state index >= 15 is 0 Å². The Kier molecular flexibility index (Phi) is 4.15. The molecule has 132 valence electrons. The maximum atomic E-state index is 13.2. The summed E-state index contributed by atoms with van der Waals surface area (Å²) in [6.45, 7) is 0.184. The van der Waals surface area contributed by atoms with Crippen molar-refractivity contribution in [1.29, 1.82) is 0 Å². The van der Waals surface area contributed by atoms with Gasteiger partial charge in [-0.15, -0.1) is 0 Å². The predicted molar refractivity (Wildman–Crippen MR) is 86.9 cm³/mol. The molecule has 1 N–H and O–H groups in total. The summed E-state index contributed by atoms with van der Waals surface area (Å²) in [5.41, 5.74) is 1.16. The average Bonchev–Trinajstić information content (AvgIpc) is 3.04. The van der Waals surface area contributed by atoms with Gasteiger partial charge >= 0.3 is 6.03 Å². The third-order valence-corrected chi connectivity index (χ3v) is 4.35. The summed E-state index contributed by atoms with van der Waals surface area (Å²) in [7, 11) is 4.47. The summed E-state index contributed by atoms with van der Waals surface area (Å²) in [4.78, 5) is 47.1. The van der Waals surface area contributed by atoms with Gasteiger partial charge in [0.2, 0.25) is 5.91 Å². The number of carbonyl (C=O) groups excluding carboxylic acids is 3. The van der Waals surface area contributed by atoms with Crippen LogP contribution in [-0.4, -0.2) is 69.7 Å². The van der Waals surface area contributed by atoms with Gasteiger partial charge in [0.15, 0.2) is 0 Å². The molecule has 0 radical (unpaired) electrons. The Morgan fingerprint density at radius 3 is 2.72 bits per heavy atom. The fourth-order valence-electron chi connectivity index (χ4n) is 2.82. The minimum Gasteiger partial charge on any atom is -0.340 e. The van der Waals surface area contributed by atoms with Crippen LogP contribution in [-0.2, 0) is 16.1 Å². The first-order valence-electron chi connectivity index (χ1n) is 7.70. The van der Waals surface area contributed by atoms with Crippen molar-refractivity contribution in [2.24, 2.45) is 0 Å². The third kappa shape index (κ3) is 3.04. The van der Waals surface area contributed by atoms with Crippen molar-refractivity contribution in [3.63, 3.8) is 0 Å². The van der Waals surface area contributed by atoms with Crippen molar-refractivity contribution >= 4 is 28.9 Å². The Balaban J connectivity index is 1.68. The molecule has 3 rings (SSSR count). The number of likely N-dealkylation sites (N-methyl/N-ethyl adjacent to an activating group) is 2. The number of imidazole rings is 1. The number of nitrogens with zero attached hydrogens (tertiary/aromatic N) is 4. The second-order valence-corrected chi connectivity index (χ2v) is 6.11. The second-order valence-electron chi connectivity index (χ2n) is 6.11. The highest BCUT2D eigenvalue weighted by Gasteiger charge is 2.42. The molecule has 1 fully saturated rings. The highest BCUT2D eigenvalue weighted by molar-refractivity contribution is 6.05. The number of nitrogens with one attached hydrogen (secondary N) is 1. The van der Waals surface area contributed by atoms with Crippen LogP contribution < -0.4 is 0 Å². The van der Waals surface area contributed by atoms with Crippen molar-refractivity contribution in [3.05, 3.63) is 29.8 Å². The number of halogens is 1. The van der Waals surface area contributed by atoms with E-state index in [-0.39, 0.29) is 24.7 Å². The van der Waals surface area contributed by atoms with Gasteiger partial charge in [-0.3, -0.25) is 14.5 Å². The van der Waals surface area contributed by atoms with Gasteiger partial charge in [-0.1, -0.05) is 0 Å². The first-order chi connectivity index (χ1) is 11.8. The molecule has 0 unspecified atom stereocenters. The summed E-state index contributed by atoms with van der Waals surface area (Å²) in [5, 5.41) is 0. The number of imide groups is 1. The Bertz CT molecular complexity index is 865. The van der Waals surface area contributed by atoms with Crippen molar-refractivity contribution < 1.29 is 18.8 Å². The van der Waals surface area contributed by atoms with Gasteiger partial charge in [0.1, 0.15) is 17.7 Å². The summed E-state index contributed by atoms with van der Waals surface area (Å²) < 4.78 is 13.2. The zero-order chi connectivity index (χ0) is 18.3. The van der Waals surface area contributed by atoms with Gasteiger partial charge in [-0.05, 0) is 18.2 Å². The zero-order valence-electron chi connectivity index (χ0n) is 14.1.